The fraction of sp³-hybridized carbons (Fsp3) is 0.429. The van der Waals surface area contributed by atoms with Crippen molar-refractivity contribution in [1.82, 2.24) is 19.9 Å². The van der Waals surface area contributed by atoms with E-state index in [1.807, 2.05) is 23.3 Å². The van der Waals surface area contributed by atoms with Crippen LogP contribution in [0.2, 0.25) is 0 Å². The Bertz CT molecular complexity index is 659. The first-order chi connectivity index (χ1) is 10.7. The molecule has 2 aromatic heterocycles. The van der Waals surface area contributed by atoms with Crippen LogP contribution in [-0.4, -0.2) is 38.8 Å². The Morgan fingerprint density at radius 2 is 2.41 bits per heavy atom. The van der Waals surface area contributed by atoms with Crippen molar-refractivity contribution in [1.29, 1.82) is 0 Å². The molecule has 22 heavy (non-hydrogen) atoms. The van der Waals surface area contributed by atoms with Gasteiger partial charge < -0.3 is 16.0 Å². The van der Waals surface area contributed by atoms with Crippen molar-refractivity contribution < 1.29 is 4.79 Å². The minimum atomic E-state index is -0.0341. The maximum atomic E-state index is 12.0. The number of likely N-dealkylation sites (tertiary alicyclic amines) is 1. The molecule has 0 aliphatic carbocycles. The van der Waals surface area contributed by atoms with Crippen molar-refractivity contribution >= 4 is 28.2 Å². The molecule has 1 fully saturated rings. The Morgan fingerprint density at radius 1 is 1.55 bits per heavy atom. The summed E-state index contributed by atoms with van der Waals surface area (Å²) in [4.78, 5) is 26.9. The van der Waals surface area contributed by atoms with Gasteiger partial charge >= 0.3 is 0 Å². The molecule has 1 amide bonds. The number of hydrogen-bond donors (Lipinski definition) is 2. The Labute approximate surface area is 132 Å². The number of hydrogen-bond acceptors (Lipinski definition) is 7. The first-order valence-electron chi connectivity index (χ1n) is 7.19. The third-order valence-corrected chi connectivity index (χ3v) is 4.30. The first-order valence-corrected chi connectivity index (χ1v) is 8.07. The van der Waals surface area contributed by atoms with E-state index in [1.165, 1.54) is 11.3 Å². The number of thiazole rings is 1. The molecule has 1 atom stereocenters. The molecule has 3 heterocycles. The lowest BCUT2D eigenvalue weighted by Crippen LogP contribution is -2.35. The zero-order chi connectivity index (χ0) is 15.5. The summed E-state index contributed by atoms with van der Waals surface area (Å²) < 4.78 is 0. The van der Waals surface area contributed by atoms with Crippen LogP contribution in [-0.2, 0) is 4.79 Å². The predicted molar refractivity (Wildman–Crippen MR) is 84.9 cm³/mol. The van der Waals surface area contributed by atoms with E-state index in [0.29, 0.717) is 11.6 Å². The van der Waals surface area contributed by atoms with Crippen molar-refractivity contribution in [2.45, 2.75) is 25.8 Å². The van der Waals surface area contributed by atoms with Crippen LogP contribution in [0, 0.1) is 6.92 Å². The first kappa shape index (κ1) is 14.9. The number of rotatable bonds is 4. The predicted octanol–water partition coefficient (Wildman–Crippen LogP) is 1.61. The second kappa shape index (κ2) is 6.37. The third kappa shape index (κ3) is 3.07. The quantitative estimate of drug-likeness (QED) is 0.889. The van der Waals surface area contributed by atoms with Crippen LogP contribution in [0.1, 0.15) is 30.4 Å². The van der Waals surface area contributed by atoms with Crippen molar-refractivity contribution in [3.63, 3.8) is 0 Å². The number of aryl methyl sites for hydroxylation is 1. The van der Waals surface area contributed by atoms with Crippen LogP contribution < -0.4 is 11.1 Å². The maximum absolute atomic E-state index is 12.0. The lowest BCUT2D eigenvalue weighted by Gasteiger charge is -2.24. The maximum Gasteiger partial charge on any atom is 0.236 e. The van der Waals surface area contributed by atoms with Crippen molar-refractivity contribution in [3.8, 4) is 0 Å². The molecule has 7 nitrogen and oxygen atoms in total. The highest BCUT2D eigenvalue weighted by Crippen LogP contribution is 2.32. The summed E-state index contributed by atoms with van der Waals surface area (Å²) in [5.41, 5.74) is 6.35. The van der Waals surface area contributed by atoms with Gasteiger partial charge in [0.1, 0.15) is 11.6 Å². The highest BCUT2D eigenvalue weighted by Gasteiger charge is 2.30. The minimum Gasteiger partial charge on any atom is -0.333 e. The van der Waals surface area contributed by atoms with E-state index in [-0.39, 0.29) is 18.5 Å². The molecule has 0 unspecified atom stereocenters. The van der Waals surface area contributed by atoms with Crippen LogP contribution in [0.3, 0.4) is 0 Å². The standard InChI is InChI=1S/C14H18N6OS/c1-9-17-10(11-3-2-5-20(11)13(21)8-15)7-12(18-9)19-14-16-4-6-22-14/h4,6-7,11H,2-3,5,8,15H2,1H3,(H,16,17,18,19)/t11-/m0/s1. The fourth-order valence-corrected chi connectivity index (χ4v) is 3.25. The van der Waals surface area contributed by atoms with Gasteiger partial charge in [-0.15, -0.1) is 11.3 Å². The zero-order valence-electron chi connectivity index (χ0n) is 12.3. The molecule has 1 saturated heterocycles. The molecule has 0 bridgehead atoms. The summed E-state index contributed by atoms with van der Waals surface area (Å²) in [7, 11) is 0. The Morgan fingerprint density at radius 3 is 3.14 bits per heavy atom. The number of aromatic nitrogens is 3. The van der Waals surface area contributed by atoms with Gasteiger partial charge in [-0.25, -0.2) is 15.0 Å². The monoisotopic (exact) mass is 318 g/mol. The number of carbonyl (C=O) groups is 1. The molecule has 3 rings (SSSR count). The molecular weight excluding hydrogens is 300 g/mol. The zero-order valence-corrected chi connectivity index (χ0v) is 13.1. The van der Waals surface area contributed by atoms with E-state index in [0.717, 1.165) is 30.2 Å². The summed E-state index contributed by atoms with van der Waals surface area (Å²) in [6.07, 6.45) is 3.61. The molecular formula is C14H18N6OS. The van der Waals surface area contributed by atoms with E-state index in [9.17, 15) is 4.79 Å². The van der Waals surface area contributed by atoms with E-state index < -0.39 is 0 Å². The molecule has 3 N–H and O–H groups in total. The third-order valence-electron chi connectivity index (χ3n) is 3.61. The molecule has 0 aromatic carbocycles. The smallest absolute Gasteiger partial charge is 0.236 e. The van der Waals surface area contributed by atoms with Gasteiger partial charge in [-0.1, -0.05) is 0 Å². The minimum absolute atomic E-state index is 0.0189. The number of nitrogens with zero attached hydrogens (tertiary/aromatic N) is 4. The van der Waals surface area contributed by atoms with Gasteiger partial charge in [-0.3, -0.25) is 4.79 Å². The van der Waals surface area contributed by atoms with Gasteiger partial charge in [0.15, 0.2) is 5.13 Å². The van der Waals surface area contributed by atoms with Gasteiger partial charge in [0.2, 0.25) is 5.91 Å². The molecule has 8 heteroatoms. The summed E-state index contributed by atoms with van der Waals surface area (Å²) in [5, 5.41) is 5.86. The lowest BCUT2D eigenvalue weighted by molar-refractivity contribution is -0.130. The van der Waals surface area contributed by atoms with Crippen LogP contribution in [0.25, 0.3) is 0 Å². The SMILES string of the molecule is Cc1nc(Nc2nccs2)cc([C@@H]2CCCN2C(=O)CN)n1. The second-order valence-corrected chi connectivity index (χ2v) is 6.03. The van der Waals surface area contributed by atoms with Crippen LogP contribution in [0.5, 0.6) is 0 Å². The molecule has 1 aliphatic rings. The van der Waals surface area contributed by atoms with Gasteiger partial charge in [0.25, 0.3) is 0 Å². The van der Waals surface area contributed by atoms with Gasteiger partial charge in [0, 0.05) is 24.2 Å². The molecule has 1 aliphatic heterocycles. The highest BCUT2D eigenvalue weighted by molar-refractivity contribution is 7.13. The number of anilines is 2. The second-order valence-electron chi connectivity index (χ2n) is 5.14. The van der Waals surface area contributed by atoms with Gasteiger partial charge in [-0.05, 0) is 19.8 Å². The van der Waals surface area contributed by atoms with Crippen LogP contribution >= 0.6 is 11.3 Å². The largest absolute Gasteiger partial charge is 0.333 e. The average molecular weight is 318 g/mol. The summed E-state index contributed by atoms with van der Waals surface area (Å²) in [6.45, 7) is 2.62. The van der Waals surface area contributed by atoms with E-state index in [1.54, 1.807) is 6.20 Å². The molecule has 0 radical (unpaired) electrons. The van der Waals surface area contributed by atoms with Crippen LogP contribution in [0.4, 0.5) is 10.9 Å². The topological polar surface area (TPSA) is 97.0 Å². The number of nitrogens with two attached hydrogens (primary N) is 1. The van der Waals surface area contributed by atoms with Crippen molar-refractivity contribution in [2.75, 3.05) is 18.4 Å². The normalized spacial score (nSPS) is 17.7. The Kier molecular flexibility index (Phi) is 4.30. The van der Waals surface area contributed by atoms with Gasteiger partial charge in [0.05, 0.1) is 18.3 Å². The summed E-state index contributed by atoms with van der Waals surface area (Å²) in [5.74, 6) is 1.33. The molecule has 116 valence electrons. The molecule has 0 spiro atoms. The van der Waals surface area contributed by atoms with Gasteiger partial charge in [-0.2, -0.15) is 0 Å². The fourth-order valence-electron chi connectivity index (χ4n) is 2.71. The van der Waals surface area contributed by atoms with Crippen molar-refractivity contribution in [2.24, 2.45) is 5.73 Å². The van der Waals surface area contributed by atoms with E-state index >= 15 is 0 Å². The summed E-state index contributed by atoms with van der Waals surface area (Å²) in [6, 6.07) is 1.87. The van der Waals surface area contributed by atoms with Crippen molar-refractivity contribution in [3.05, 3.63) is 29.2 Å². The van der Waals surface area contributed by atoms with Crippen LogP contribution in [0.15, 0.2) is 17.6 Å². The number of nitrogens with one attached hydrogen (secondary N) is 1. The summed E-state index contributed by atoms with van der Waals surface area (Å²) >= 11 is 1.51. The van der Waals surface area contributed by atoms with E-state index in [4.69, 9.17) is 5.73 Å². The lowest BCUT2D eigenvalue weighted by atomic mass is 10.1. The molecule has 0 saturated carbocycles. The number of amides is 1. The van der Waals surface area contributed by atoms with E-state index in [2.05, 4.69) is 20.3 Å². The Hall–Kier alpha value is -2.06. The number of carbonyl (C=O) groups excluding carboxylic acids is 1. The highest BCUT2D eigenvalue weighted by atomic mass is 32.1. The average Bonchev–Trinajstić information content (AvgIpc) is 3.16. The Balaban J connectivity index is 1.87. The molecule has 2 aromatic rings.